The molecule has 0 bridgehead atoms. The van der Waals surface area contributed by atoms with Gasteiger partial charge in [0.05, 0.1) is 10.5 Å². The van der Waals surface area contributed by atoms with Crippen molar-refractivity contribution in [2.75, 3.05) is 6.54 Å². The highest BCUT2D eigenvalue weighted by Gasteiger charge is 2.37. The highest BCUT2D eigenvalue weighted by atomic mass is 32.2. The topological polar surface area (TPSA) is 106 Å². The normalized spacial score (nSPS) is 15.3. The quantitative estimate of drug-likeness (QED) is 0.390. The summed E-state index contributed by atoms with van der Waals surface area (Å²) < 4.78 is 7.20. The van der Waals surface area contributed by atoms with E-state index in [9.17, 15) is 24.3 Å². The third kappa shape index (κ3) is 5.46. The second kappa shape index (κ2) is 9.42. The number of fused-ring (bicyclic) bond motifs is 1. The van der Waals surface area contributed by atoms with Gasteiger partial charge in [-0.3, -0.25) is 19.3 Å². The Balaban J connectivity index is 1.62. The number of aromatic nitrogens is 1. The zero-order valence-corrected chi connectivity index (χ0v) is 20.3. The van der Waals surface area contributed by atoms with Crippen molar-refractivity contribution >= 4 is 51.8 Å². The van der Waals surface area contributed by atoms with Gasteiger partial charge >= 0.3 is 11.9 Å². The molecule has 4 rings (SSSR count). The number of hydrogen-bond donors (Lipinski definition) is 1. The van der Waals surface area contributed by atoms with Gasteiger partial charge in [0.2, 0.25) is 0 Å². The maximum absolute atomic E-state index is 12.9. The van der Waals surface area contributed by atoms with E-state index in [1.165, 1.54) is 0 Å². The molecule has 0 radical (unpaired) electrons. The van der Waals surface area contributed by atoms with Crippen LogP contribution in [0, 0.1) is 0 Å². The second-order valence-electron chi connectivity index (χ2n) is 9.09. The van der Waals surface area contributed by atoms with Crippen LogP contribution in [0.3, 0.4) is 0 Å². The molecule has 1 N–H and O–H groups in total. The van der Waals surface area contributed by atoms with Gasteiger partial charge in [-0.15, -0.1) is 0 Å². The highest BCUT2D eigenvalue weighted by molar-refractivity contribution is 8.18. The lowest BCUT2D eigenvalue weighted by atomic mass is 10.1. The van der Waals surface area contributed by atoms with E-state index in [0.717, 1.165) is 38.7 Å². The van der Waals surface area contributed by atoms with Crippen molar-refractivity contribution in [3.8, 4) is 0 Å². The molecule has 0 unspecified atom stereocenters. The molecule has 1 saturated heterocycles. The standard InChI is InChI=1S/C26H24N2O6S/c1-26(2,3)34-22(29)15-28-23(30)21(35-25(28)33)12-18-14-27(20-10-5-4-9-19(18)20)13-16-7-6-8-17(11-16)24(31)32/h4-12,14H,13,15H2,1-3H3,(H,31,32). The number of rotatable bonds is 6. The number of nitrogens with zero attached hydrogens (tertiary/aromatic N) is 2. The average molecular weight is 493 g/mol. The van der Waals surface area contributed by atoms with Crippen LogP contribution in [0.1, 0.15) is 42.3 Å². The Morgan fingerprint density at radius 1 is 1.09 bits per heavy atom. The lowest BCUT2D eigenvalue weighted by Crippen LogP contribution is -2.37. The smallest absolute Gasteiger partial charge is 0.335 e. The van der Waals surface area contributed by atoms with Gasteiger partial charge in [-0.25, -0.2) is 4.79 Å². The first kappa shape index (κ1) is 24.3. The van der Waals surface area contributed by atoms with E-state index < -0.39 is 35.2 Å². The summed E-state index contributed by atoms with van der Waals surface area (Å²) in [7, 11) is 0. The van der Waals surface area contributed by atoms with E-state index in [-0.39, 0.29) is 10.5 Å². The molecule has 180 valence electrons. The van der Waals surface area contributed by atoms with Gasteiger partial charge in [-0.05, 0) is 62.4 Å². The van der Waals surface area contributed by atoms with Crippen molar-refractivity contribution in [3.05, 3.63) is 76.3 Å². The zero-order chi connectivity index (χ0) is 25.3. The number of benzene rings is 2. The molecule has 0 saturated carbocycles. The summed E-state index contributed by atoms with van der Waals surface area (Å²) in [5, 5.41) is 9.63. The first-order chi connectivity index (χ1) is 16.5. The number of carboxylic acid groups (broad SMARTS) is 1. The van der Waals surface area contributed by atoms with Crippen LogP contribution < -0.4 is 0 Å². The van der Waals surface area contributed by atoms with Crippen molar-refractivity contribution in [1.82, 2.24) is 9.47 Å². The molecule has 35 heavy (non-hydrogen) atoms. The van der Waals surface area contributed by atoms with E-state index in [2.05, 4.69) is 0 Å². The predicted octanol–water partition coefficient (Wildman–Crippen LogP) is 4.77. The van der Waals surface area contributed by atoms with Gasteiger partial charge in [0.1, 0.15) is 12.1 Å². The summed E-state index contributed by atoms with van der Waals surface area (Å²) >= 11 is 0.780. The molecule has 1 aliphatic heterocycles. The number of imide groups is 1. The number of hydrogen-bond acceptors (Lipinski definition) is 6. The molecule has 2 heterocycles. The minimum absolute atomic E-state index is 0.206. The number of thioether (sulfide) groups is 1. The maximum atomic E-state index is 12.9. The fraction of sp³-hybridized carbons (Fsp3) is 0.231. The molecule has 0 atom stereocenters. The Kier molecular flexibility index (Phi) is 6.53. The van der Waals surface area contributed by atoms with E-state index in [0.29, 0.717) is 6.54 Å². The lowest BCUT2D eigenvalue weighted by molar-refractivity contribution is -0.156. The van der Waals surface area contributed by atoms with Gasteiger partial charge in [0.15, 0.2) is 0 Å². The predicted molar refractivity (Wildman–Crippen MR) is 133 cm³/mol. The van der Waals surface area contributed by atoms with Crippen LogP contribution in [0.5, 0.6) is 0 Å². The van der Waals surface area contributed by atoms with Gasteiger partial charge < -0.3 is 14.4 Å². The molecule has 3 aromatic rings. The highest BCUT2D eigenvalue weighted by Crippen LogP contribution is 2.34. The molecule has 2 amide bonds. The Morgan fingerprint density at radius 3 is 2.54 bits per heavy atom. The van der Waals surface area contributed by atoms with Gasteiger partial charge in [-0.1, -0.05) is 30.3 Å². The molecule has 0 spiro atoms. The first-order valence-corrected chi connectivity index (χ1v) is 11.7. The van der Waals surface area contributed by atoms with E-state index >= 15 is 0 Å². The van der Waals surface area contributed by atoms with Crippen LogP contribution in [0.25, 0.3) is 17.0 Å². The van der Waals surface area contributed by atoms with Crippen LogP contribution in [0.2, 0.25) is 0 Å². The largest absolute Gasteiger partial charge is 0.478 e. The number of aromatic carboxylic acids is 1. The summed E-state index contributed by atoms with van der Waals surface area (Å²) in [5.41, 5.74) is 1.93. The summed E-state index contributed by atoms with van der Waals surface area (Å²) in [6.07, 6.45) is 3.51. The number of carbonyl (C=O) groups excluding carboxylic acids is 3. The van der Waals surface area contributed by atoms with Crippen LogP contribution in [-0.4, -0.2) is 49.8 Å². The molecule has 2 aromatic carbocycles. The zero-order valence-electron chi connectivity index (χ0n) is 19.5. The molecular weight excluding hydrogens is 468 g/mol. The number of para-hydroxylation sites is 1. The molecular formula is C26H24N2O6S. The Labute approximate surface area is 206 Å². The summed E-state index contributed by atoms with van der Waals surface area (Å²) in [4.78, 5) is 49.9. The average Bonchev–Trinajstić information content (AvgIpc) is 3.25. The Hall–Kier alpha value is -3.85. The van der Waals surface area contributed by atoms with E-state index in [1.807, 2.05) is 41.1 Å². The van der Waals surface area contributed by atoms with Crippen LogP contribution >= 0.6 is 11.8 Å². The minimum Gasteiger partial charge on any atom is -0.478 e. The minimum atomic E-state index is -0.994. The molecule has 1 aliphatic rings. The monoisotopic (exact) mass is 492 g/mol. The van der Waals surface area contributed by atoms with Crippen molar-refractivity contribution in [2.24, 2.45) is 0 Å². The second-order valence-corrected chi connectivity index (χ2v) is 10.1. The molecule has 9 heteroatoms. The molecule has 8 nitrogen and oxygen atoms in total. The third-order valence-electron chi connectivity index (χ3n) is 5.21. The first-order valence-electron chi connectivity index (χ1n) is 10.9. The van der Waals surface area contributed by atoms with Crippen LogP contribution in [0.4, 0.5) is 4.79 Å². The van der Waals surface area contributed by atoms with Crippen LogP contribution in [-0.2, 0) is 20.9 Å². The van der Waals surface area contributed by atoms with Gasteiger partial charge in [-0.2, -0.15) is 0 Å². The van der Waals surface area contributed by atoms with Crippen molar-refractivity contribution in [3.63, 3.8) is 0 Å². The molecule has 1 aromatic heterocycles. The van der Waals surface area contributed by atoms with E-state index in [4.69, 9.17) is 4.74 Å². The number of esters is 1. The fourth-order valence-corrected chi connectivity index (χ4v) is 4.63. The number of ether oxygens (including phenoxy) is 1. The van der Waals surface area contributed by atoms with Crippen molar-refractivity contribution in [2.45, 2.75) is 32.9 Å². The van der Waals surface area contributed by atoms with Gasteiger partial charge in [0, 0.05) is 29.2 Å². The lowest BCUT2D eigenvalue weighted by Gasteiger charge is -2.21. The number of carbonyl (C=O) groups is 4. The fourth-order valence-electron chi connectivity index (χ4n) is 3.80. The van der Waals surface area contributed by atoms with Crippen molar-refractivity contribution < 1.29 is 29.0 Å². The summed E-state index contributed by atoms with van der Waals surface area (Å²) in [6, 6.07) is 14.3. The van der Waals surface area contributed by atoms with Gasteiger partial charge in [0.25, 0.3) is 11.1 Å². The molecule has 1 fully saturated rings. The Bertz CT molecular complexity index is 1380. The molecule has 0 aliphatic carbocycles. The maximum Gasteiger partial charge on any atom is 0.335 e. The third-order valence-corrected chi connectivity index (χ3v) is 6.12. The van der Waals surface area contributed by atoms with E-state index in [1.54, 1.807) is 45.0 Å². The summed E-state index contributed by atoms with van der Waals surface area (Å²) in [6.45, 7) is 5.13. The number of amides is 2. The summed E-state index contributed by atoms with van der Waals surface area (Å²) in [5.74, 6) is -2.19. The van der Waals surface area contributed by atoms with Crippen molar-refractivity contribution in [1.29, 1.82) is 0 Å². The SMILES string of the molecule is CC(C)(C)OC(=O)CN1C(=O)SC(=Cc2cn(Cc3cccc(C(=O)O)c3)c3ccccc23)C1=O. The number of carboxylic acids is 1. The Morgan fingerprint density at radius 2 is 1.83 bits per heavy atom. The van der Waals surface area contributed by atoms with Crippen LogP contribution in [0.15, 0.2) is 59.6 Å².